The van der Waals surface area contributed by atoms with Crippen molar-refractivity contribution in [1.29, 1.82) is 0 Å². The van der Waals surface area contributed by atoms with Crippen molar-refractivity contribution in [3.05, 3.63) is 35.4 Å². The average molecular weight is 309 g/mol. The Balaban J connectivity index is 0. The van der Waals surface area contributed by atoms with Crippen LogP contribution in [0, 0.1) is 6.92 Å². The number of methoxy groups -OCH3 is 2. The van der Waals surface area contributed by atoms with Crippen molar-refractivity contribution in [2.75, 3.05) is 20.8 Å². The van der Waals surface area contributed by atoms with Crippen LogP contribution in [0.3, 0.4) is 0 Å². The quantitative estimate of drug-likeness (QED) is 0.526. The summed E-state index contributed by atoms with van der Waals surface area (Å²) in [5, 5.41) is 0. The standard InChI is InChI=1S/C16H24O2.2C2H6/c1-14-10-11-16(18-3)15(13-14)9-7-5-4-6-8-12-17-2;2*1-2/h7,9-11,13H,4-6,8,12H2,1-3H3;2*1-2H3/b9-7+;;. The smallest absolute Gasteiger partial charge is 0.126 e. The third kappa shape index (κ3) is 11.4. The number of ether oxygens (including phenoxy) is 2. The molecule has 0 N–H and O–H groups in total. The van der Waals surface area contributed by atoms with E-state index in [0.29, 0.717) is 0 Å². The van der Waals surface area contributed by atoms with Gasteiger partial charge in [0.2, 0.25) is 0 Å². The highest BCUT2D eigenvalue weighted by Crippen LogP contribution is 2.21. The van der Waals surface area contributed by atoms with Gasteiger partial charge in [0.05, 0.1) is 7.11 Å². The highest BCUT2D eigenvalue weighted by Gasteiger charge is 1.98. The molecule has 0 bridgehead atoms. The van der Waals surface area contributed by atoms with E-state index < -0.39 is 0 Å². The van der Waals surface area contributed by atoms with E-state index in [4.69, 9.17) is 9.47 Å². The Morgan fingerprint density at radius 3 is 2.23 bits per heavy atom. The minimum absolute atomic E-state index is 0.870. The van der Waals surface area contributed by atoms with Crippen LogP contribution in [-0.2, 0) is 4.74 Å². The molecule has 1 aromatic rings. The second-order valence-corrected chi connectivity index (χ2v) is 4.49. The Kier molecular flexibility index (Phi) is 18.6. The van der Waals surface area contributed by atoms with E-state index in [1.165, 1.54) is 18.4 Å². The van der Waals surface area contributed by atoms with Gasteiger partial charge in [-0.05, 0) is 38.3 Å². The largest absolute Gasteiger partial charge is 0.496 e. The van der Waals surface area contributed by atoms with Crippen molar-refractivity contribution < 1.29 is 9.47 Å². The van der Waals surface area contributed by atoms with Crippen molar-refractivity contribution in [2.24, 2.45) is 0 Å². The lowest BCUT2D eigenvalue weighted by Crippen LogP contribution is -1.88. The summed E-state index contributed by atoms with van der Waals surface area (Å²) >= 11 is 0. The van der Waals surface area contributed by atoms with Crippen LogP contribution >= 0.6 is 0 Å². The summed E-state index contributed by atoms with van der Waals surface area (Å²) in [6.07, 6.45) is 9.09. The fraction of sp³-hybridized carbons (Fsp3) is 0.600. The van der Waals surface area contributed by atoms with Gasteiger partial charge < -0.3 is 9.47 Å². The third-order valence-electron chi connectivity index (χ3n) is 2.90. The zero-order valence-electron chi connectivity index (χ0n) is 15.7. The molecule has 2 nitrogen and oxygen atoms in total. The molecule has 1 rings (SSSR count). The van der Waals surface area contributed by atoms with Crippen molar-refractivity contribution in [3.8, 4) is 5.75 Å². The first kappa shape index (κ1) is 23.0. The molecule has 0 aliphatic rings. The molecule has 0 fully saturated rings. The maximum absolute atomic E-state index is 5.34. The predicted molar refractivity (Wildman–Crippen MR) is 99.8 cm³/mol. The minimum atomic E-state index is 0.870. The summed E-state index contributed by atoms with van der Waals surface area (Å²) in [6.45, 7) is 11.0. The van der Waals surface area contributed by atoms with Crippen LogP contribution in [0.4, 0.5) is 0 Å². The molecule has 128 valence electrons. The summed E-state index contributed by atoms with van der Waals surface area (Å²) in [4.78, 5) is 0. The molecule has 0 saturated carbocycles. The van der Waals surface area contributed by atoms with E-state index in [-0.39, 0.29) is 0 Å². The Morgan fingerprint density at radius 1 is 0.955 bits per heavy atom. The fourth-order valence-electron chi connectivity index (χ4n) is 1.88. The lowest BCUT2D eigenvalue weighted by molar-refractivity contribution is 0.192. The lowest BCUT2D eigenvalue weighted by Gasteiger charge is -2.05. The number of aryl methyl sites for hydroxylation is 1. The van der Waals surface area contributed by atoms with Gasteiger partial charge in [-0.1, -0.05) is 57.9 Å². The van der Waals surface area contributed by atoms with Crippen molar-refractivity contribution >= 4 is 6.08 Å². The van der Waals surface area contributed by atoms with Crippen LogP contribution in [0.25, 0.3) is 6.08 Å². The molecule has 0 amide bonds. The van der Waals surface area contributed by atoms with Crippen molar-refractivity contribution in [1.82, 2.24) is 0 Å². The molecule has 0 unspecified atom stereocenters. The first-order chi connectivity index (χ1) is 10.8. The van der Waals surface area contributed by atoms with Gasteiger partial charge in [0.15, 0.2) is 0 Å². The van der Waals surface area contributed by atoms with Crippen LogP contribution in [-0.4, -0.2) is 20.8 Å². The molecule has 0 radical (unpaired) electrons. The van der Waals surface area contributed by atoms with E-state index in [9.17, 15) is 0 Å². The lowest BCUT2D eigenvalue weighted by atomic mass is 10.1. The molecule has 0 aliphatic carbocycles. The molecule has 1 aromatic carbocycles. The van der Waals surface area contributed by atoms with Crippen LogP contribution < -0.4 is 4.74 Å². The highest BCUT2D eigenvalue weighted by atomic mass is 16.5. The first-order valence-corrected chi connectivity index (χ1v) is 8.58. The summed E-state index contributed by atoms with van der Waals surface area (Å²) in [6, 6.07) is 6.24. The van der Waals surface area contributed by atoms with Crippen LogP contribution in [0.2, 0.25) is 0 Å². The normalized spacial score (nSPS) is 9.59. The maximum Gasteiger partial charge on any atom is 0.126 e. The number of hydrogen-bond donors (Lipinski definition) is 0. The number of hydrogen-bond acceptors (Lipinski definition) is 2. The van der Waals surface area contributed by atoms with E-state index in [1.54, 1.807) is 14.2 Å². The fourth-order valence-corrected chi connectivity index (χ4v) is 1.88. The predicted octanol–water partition coefficient (Wildman–Crippen LogP) is 6.28. The van der Waals surface area contributed by atoms with Gasteiger partial charge in [-0.25, -0.2) is 0 Å². The SMILES string of the molecule is CC.CC.COCCCCC/C=C/c1cc(C)ccc1OC. The third-order valence-corrected chi connectivity index (χ3v) is 2.90. The van der Waals surface area contributed by atoms with Gasteiger partial charge in [0, 0.05) is 19.3 Å². The van der Waals surface area contributed by atoms with E-state index in [0.717, 1.165) is 30.8 Å². The summed E-state index contributed by atoms with van der Waals surface area (Å²) < 4.78 is 10.4. The van der Waals surface area contributed by atoms with Crippen LogP contribution in [0.5, 0.6) is 5.75 Å². The topological polar surface area (TPSA) is 18.5 Å². The number of unbranched alkanes of at least 4 members (excludes halogenated alkanes) is 3. The molecule has 22 heavy (non-hydrogen) atoms. The Hall–Kier alpha value is -1.28. The number of rotatable bonds is 8. The zero-order valence-corrected chi connectivity index (χ0v) is 15.7. The van der Waals surface area contributed by atoms with Crippen LogP contribution in [0.1, 0.15) is 64.5 Å². The van der Waals surface area contributed by atoms with E-state index in [2.05, 4.69) is 31.2 Å². The minimum Gasteiger partial charge on any atom is -0.496 e. The Bertz CT molecular complexity index is 370. The highest BCUT2D eigenvalue weighted by molar-refractivity contribution is 5.58. The molecule has 0 spiro atoms. The van der Waals surface area contributed by atoms with Crippen molar-refractivity contribution in [2.45, 2.75) is 60.3 Å². The molecular weight excluding hydrogens is 272 g/mol. The van der Waals surface area contributed by atoms with Gasteiger partial charge in [-0.3, -0.25) is 0 Å². The second-order valence-electron chi connectivity index (χ2n) is 4.49. The maximum atomic E-state index is 5.34. The molecule has 2 heteroatoms. The Labute approximate surface area is 138 Å². The molecule has 0 saturated heterocycles. The van der Waals surface area contributed by atoms with Gasteiger partial charge >= 0.3 is 0 Å². The number of allylic oxidation sites excluding steroid dienone is 1. The summed E-state index contributed by atoms with van der Waals surface area (Å²) in [7, 11) is 3.47. The molecular formula is C20H36O2. The molecule has 0 aromatic heterocycles. The molecule has 0 aliphatic heterocycles. The number of benzene rings is 1. The zero-order chi connectivity index (χ0) is 17.2. The molecule has 0 heterocycles. The monoisotopic (exact) mass is 308 g/mol. The van der Waals surface area contributed by atoms with E-state index in [1.807, 2.05) is 33.8 Å². The second kappa shape index (κ2) is 17.8. The first-order valence-electron chi connectivity index (χ1n) is 8.58. The van der Waals surface area contributed by atoms with Gasteiger partial charge in [-0.15, -0.1) is 0 Å². The molecule has 0 atom stereocenters. The van der Waals surface area contributed by atoms with E-state index >= 15 is 0 Å². The van der Waals surface area contributed by atoms with Gasteiger partial charge in [-0.2, -0.15) is 0 Å². The average Bonchev–Trinajstić information content (AvgIpc) is 2.58. The summed E-state index contributed by atoms with van der Waals surface area (Å²) in [5.74, 6) is 0.941. The van der Waals surface area contributed by atoms with Crippen LogP contribution in [0.15, 0.2) is 24.3 Å². The van der Waals surface area contributed by atoms with Gasteiger partial charge in [0.1, 0.15) is 5.75 Å². The Morgan fingerprint density at radius 2 is 1.64 bits per heavy atom. The van der Waals surface area contributed by atoms with Crippen molar-refractivity contribution in [3.63, 3.8) is 0 Å². The summed E-state index contributed by atoms with van der Waals surface area (Å²) in [5.41, 5.74) is 2.42. The van der Waals surface area contributed by atoms with Gasteiger partial charge in [0.25, 0.3) is 0 Å².